The van der Waals surface area contributed by atoms with Gasteiger partial charge < -0.3 is 10.1 Å². The third kappa shape index (κ3) is 4.21. The van der Waals surface area contributed by atoms with E-state index < -0.39 is 5.91 Å². The lowest BCUT2D eigenvalue weighted by molar-refractivity contribution is -0.112. The molecule has 0 fully saturated rings. The summed E-state index contributed by atoms with van der Waals surface area (Å²) in [4.78, 5) is 12.3. The molecule has 0 atom stereocenters. The third-order valence-electron chi connectivity index (χ3n) is 3.43. The number of methoxy groups -OCH3 is 1. The van der Waals surface area contributed by atoms with Crippen molar-refractivity contribution in [3.05, 3.63) is 64.7 Å². The summed E-state index contributed by atoms with van der Waals surface area (Å²) in [6.07, 6.45) is 1.56. The topological polar surface area (TPSA) is 62.1 Å². The molecule has 0 heterocycles. The maximum atomic E-state index is 12.3. The van der Waals surface area contributed by atoms with Gasteiger partial charge in [0.1, 0.15) is 17.4 Å². The number of aryl methyl sites for hydroxylation is 2. The normalized spacial score (nSPS) is 10.8. The first-order chi connectivity index (χ1) is 11.0. The van der Waals surface area contributed by atoms with Crippen molar-refractivity contribution in [1.82, 2.24) is 0 Å². The minimum Gasteiger partial charge on any atom is -0.497 e. The average Bonchev–Trinajstić information content (AvgIpc) is 2.56. The number of rotatable bonds is 4. The summed E-state index contributed by atoms with van der Waals surface area (Å²) in [6.45, 7) is 3.86. The van der Waals surface area contributed by atoms with E-state index in [-0.39, 0.29) is 5.57 Å². The second-order valence-electron chi connectivity index (χ2n) is 5.22. The van der Waals surface area contributed by atoms with E-state index in [9.17, 15) is 10.1 Å². The van der Waals surface area contributed by atoms with Gasteiger partial charge >= 0.3 is 0 Å². The molecule has 0 saturated heterocycles. The van der Waals surface area contributed by atoms with E-state index >= 15 is 0 Å². The Labute approximate surface area is 136 Å². The molecular weight excluding hydrogens is 288 g/mol. The largest absolute Gasteiger partial charge is 0.497 e. The summed E-state index contributed by atoms with van der Waals surface area (Å²) in [5.74, 6) is 0.303. The Morgan fingerprint density at radius 1 is 1.17 bits per heavy atom. The highest BCUT2D eigenvalue weighted by Crippen LogP contribution is 2.18. The number of nitrogens with one attached hydrogen (secondary N) is 1. The second-order valence-corrected chi connectivity index (χ2v) is 5.22. The minimum absolute atomic E-state index is 0.0519. The van der Waals surface area contributed by atoms with E-state index in [1.165, 1.54) is 0 Å². The van der Waals surface area contributed by atoms with Gasteiger partial charge in [-0.25, -0.2) is 0 Å². The van der Waals surface area contributed by atoms with Crippen LogP contribution < -0.4 is 10.1 Å². The van der Waals surface area contributed by atoms with Gasteiger partial charge in [-0.1, -0.05) is 24.3 Å². The van der Waals surface area contributed by atoms with Gasteiger partial charge in [0.2, 0.25) is 0 Å². The molecule has 1 N–H and O–H groups in total. The Bertz CT molecular complexity index is 784. The van der Waals surface area contributed by atoms with Crippen LogP contribution in [-0.2, 0) is 4.79 Å². The van der Waals surface area contributed by atoms with Gasteiger partial charge in [-0.05, 0) is 54.8 Å². The van der Waals surface area contributed by atoms with Crippen molar-refractivity contribution >= 4 is 17.7 Å². The number of hydrogen-bond donors (Lipinski definition) is 1. The highest BCUT2D eigenvalue weighted by Gasteiger charge is 2.11. The molecule has 1 amide bonds. The van der Waals surface area contributed by atoms with E-state index in [2.05, 4.69) is 5.32 Å². The van der Waals surface area contributed by atoms with E-state index in [0.717, 1.165) is 22.4 Å². The molecule has 0 radical (unpaired) electrons. The summed E-state index contributed by atoms with van der Waals surface area (Å²) in [5.41, 5.74) is 3.52. The standard InChI is InChI=1S/C19H18N2O2/c1-13-4-5-14(2)18(10-13)21-19(22)16(12-20)11-15-6-8-17(23-3)9-7-15/h4-11H,1-3H3,(H,21,22)/b16-11+. The van der Waals surface area contributed by atoms with Gasteiger partial charge in [-0.3, -0.25) is 4.79 Å². The first-order valence-electron chi connectivity index (χ1n) is 7.18. The van der Waals surface area contributed by atoms with Crippen LogP contribution in [0.3, 0.4) is 0 Å². The molecule has 0 saturated carbocycles. The van der Waals surface area contributed by atoms with E-state index in [0.29, 0.717) is 5.69 Å². The molecule has 0 aliphatic rings. The Kier molecular flexibility index (Phi) is 5.16. The molecule has 116 valence electrons. The quantitative estimate of drug-likeness (QED) is 0.689. The van der Waals surface area contributed by atoms with Crippen LogP contribution in [0.4, 0.5) is 5.69 Å². The fourth-order valence-electron chi connectivity index (χ4n) is 2.08. The summed E-state index contributed by atoms with van der Waals surface area (Å²) in [7, 11) is 1.59. The molecule has 0 aliphatic carbocycles. The predicted molar refractivity (Wildman–Crippen MR) is 91.1 cm³/mol. The van der Waals surface area contributed by atoms with Crippen molar-refractivity contribution in [1.29, 1.82) is 5.26 Å². The van der Waals surface area contributed by atoms with Crippen LogP contribution in [0.2, 0.25) is 0 Å². The molecule has 2 aromatic carbocycles. The van der Waals surface area contributed by atoms with Crippen LogP contribution in [0.15, 0.2) is 48.0 Å². The lowest BCUT2D eigenvalue weighted by Crippen LogP contribution is -2.14. The zero-order valence-electron chi connectivity index (χ0n) is 13.4. The highest BCUT2D eigenvalue weighted by atomic mass is 16.5. The number of carbonyl (C=O) groups excluding carboxylic acids is 1. The average molecular weight is 306 g/mol. The van der Waals surface area contributed by atoms with Crippen molar-refractivity contribution in [2.75, 3.05) is 12.4 Å². The van der Waals surface area contributed by atoms with Crippen LogP contribution >= 0.6 is 0 Å². The SMILES string of the molecule is COc1ccc(/C=C(\C#N)C(=O)Nc2cc(C)ccc2C)cc1. The van der Waals surface area contributed by atoms with E-state index in [1.807, 2.05) is 38.1 Å². The molecule has 0 aromatic heterocycles. The highest BCUT2D eigenvalue weighted by molar-refractivity contribution is 6.10. The van der Waals surface area contributed by atoms with Crippen molar-refractivity contribution < 1.29 is 9.53 Å². The van der Waals surface area contributed by atoms with Gasteiger partial charge in [-0.15, -0.1) is 0 Å². The summed E-state index contributed by atoms with van der Waals surface area (Å²) in [5, 5.41) is 12.0. The van der Waals surface area contributed by atoms with Crippen LogP contribution in [0.25, 0.3) is 6.08 Å². The van der Waals surface area contributed by atoms with Gasteiger partial charge in [0.05, 0.1) is 7.11 Å². The third-order valence-corrected chi connectivity index (χ3v) is 3.43. The lowest BCUT2D eigenvalue weighted by atomic mass is 10.1. The molecule has 0 spiro atoms. The fourth-order valence-corrected chi connectivity index (χ4v) is 2.08. The van der Waals surface area contributed by atoms with Gasteiger partial charge in [0.25, 0.3) is 5.91 Å². The Morgan fingerprint density at radius 3 is 2.48 bits per heavy atom. The summed E-state index contributed by atoms with van der Waals surface area (Å²) < 4.78 is 5.09. The summed E-state index contributed by atoms with van der Waals surface area (Å²) >= 11 is 0. The zero-order valence-corrected chi connectivity index (χ0v) is 13.4. The number of anilines is 1. The molecule has 2 rings (SSSR count). The first-order valence-corrected chi connectivity index (χ1v) is 7.18. The molecule has 0 unspecified atom stereocenters. The molecule has 2 aromatic rings. The molecule has 0 bridgehead atoms. The monoisotopic (exact) mass is 306 g/mol. The van der Waals surface area contributed by atoms with Crippen molar-refractivity contribution in [3.8, 4) is 11.8 Å². The van der Waals surface area contributed by atoms with Gasteiger partial charge in [0.15, 0.2) is 0 Å². The fraction of sp³-hybridized carbons (Fsp3) is 0.158. The Morgan fingerprint density at radius 2 is 1.87 bits per heavy atom. The molecule has 23 heavy (non-hydrogen) atoms. The number of hydrogen-bond acceptors (Lipinski definition) is 3. The maximum Gasteiger partial charge on any atom is 0.266 e. The van der Waals surface area contributed by atoms with E-state index in [1.54, 1.807) is 37.5 Å². The smallest absolute Gasteiger partial charge is 0.266 e. The van der Waals surface area contributed by atoms with Crippen molar-refractivity contribution in [2.45, 2.75) is 13.8 Å². The number of carbonyl (C=O) groups is 1. The molecule has 0 aliphatic heterocycles. The number of ether oxygens (including phenoxy) is 1. The number of nitriles is 1. The Balaban J connectivity index is 2.22. The first kappa shape index (κ1) is 16.3. The minimum atomic E-state index is -0.419. The molecule has 4 nitrogen and oxygen atoms in total. The van der Waals surface area contributed by atoms with Gasteiger partial charge in [0, 0.05) is 5.69 Å². The van der Waals surface area contributed by atoms with Crippen LogP contribution in [0.1, 0.15) is 16.7 Å². The summed E-state index contributed by atoms with van der Waals surface area (Å²) in [6, 6.07) is 14.9. The predicted octanol–water partition coefficient (Wildman–Crippen LogP) is 3.86. The second kappa shape index (κ2) is 7.28. The van der Waals surface area contributed by atoms with Crippen molar-refractivity contribution in [2.24, 2.45) is 0 Å². The molecule has 4 heteroatoms. The van der Waals surface area contributed by atoms with Crippen molar-refractivity contribution in [3.63, 3.8) is 0 Å². The van der Waals surface area contributed by atoms with Crippen LogP contribution in [0, 0.1) is 25.2 Å². The number of nitrogens with zero attached hydrogens (tertiary/aromatic N) is 1. The Hall–Kier alpha value is -3.06. The maximum absolute atomic E-state index is 12.3. The lowest BCUT2D eigenvalue weighted by Gasteiger charge is -2.09. The van der Waals surface area contributed by atoms with Gasteiger partial charge in [-0.2, -0.15) is 5.26 Å². The van der Waals surface area contributed by atoms with E-state index in [4.69, 9.17) is 4.74 Å². The zero-order chi connectivity index (χ0) is 16.8. The molecular formula is C19H18N2O2. The van der Waals surface area contributed by atoms with Crippen LogP contribution in [-0.4, -0.2) is 13.0 Å². The van der Waals surface area contributed by atoms with Crippen LogP contribution in [0.5, 0.6) is 5.75 Å². The number of benzene rings is 2. The number of amides is 1.